The summed E-state index contributed by atoms with van der Waals surface area (Å²) >= 11 is 0. The van der Waals surface area contributed by atoms with Crippen molar-refractivity contribution in [2.75, 3.05) is 6.61 Å². The summed E-state index contributed by atoms with van der Waals surface area (Å²) in [7, 11) is 0. The van der Waals surface area contributed by atoms with Crippen LogP contribution in [0.1, 0.15) is 48.9 Å². The normalized spacial score (nSPS) is 18.2. The van der Waals surface area contributed by atoms with Crippen molar-refractivity contribution in [3.63, 3.8) is 0 Å². The van der Waals surface area contributed by atoms with E-state index < -0.39 is 23.3 Å². The first-order valence-electron chi connectivity index (χ1n) is 9.76. The summed E-state index contributed by atoms with van der Waals surface area (Å²) in [6.07, 6.45) is 4.45. The van der Waals surface area contributed by atoms with Gasteiger partial charge in [-0.3, -0.25) is 0 Å². The molecule has 1 heterocycles. The maximum Gasteiger partial charge on any atom is 0.170 e. The minimum Gasteiger partial charge on any atom is -0.493 e. The first-order chi connectivity index (χ1) is 13.4. The lowest BCUT2D eigenvalue weighted by Gasteiger charge is -2.25. The van der Waals surface area contributed by atoms with Gasteiger partial charge in [0.15, 0.2) is 23.3 Å². The molecular formula is C23H22F4O. The lowest BCUT2D eigenvalue weighted by Crippen LogP contribution is -2.15. The standard InChI is InChI=1S/C23H22F4O/c1-3-4-15-9-13-6-7-14-10-16(17-8-5-12(2)11-28-17)21(25)23(27)19(14)18(13)22(26)20(15)24/h8-10,12H,3-7,11H2,1-2H3. The van der Waals surface area contributed by atoms with E-state index in [4.69, 9.17) is 4.74 Å². The molecule has 1 nitrogen and oxygen atoms in total. The summed E-state index contributed by atoms with van der Waals surface area (Å²) in [6.45, 7) is 4.33. The highest BCUT2D eigenvalue weighted by Crippen LogP contribution is 2.42. The highest BCUT2D eigenvalue weighted by molar-refractivity contribution is 5.77. The largest absolute Gasteiger partial charge is 0.493 e. The van der Waals surface area contributed by atoms with Crippen LogP contribution in [0.25, 0.3) is 16.9 Å². The average Bonchev–Trinajstić information content (AvgIpc) is 2.69. The average molecular weight is 390 g/mol. The van der Waals surface area contributed by atoms with Gasteiger partial charge in [0, 0.05) is 11.1 Å². The molecule has 1 unspecified atom stereocenters. The van der Waals surface area contributed by atoms with E-state index in [2.05, 4.69) is 0 Å². The predicted octanol–water partition coefficient (Wildman–Crippen LogP) is 6.36. The molecule has 5 heteroatoms. The highest BCUT2D eigenvalue weighted by Gasteiger charge is 2.31. The van der Waals surface area contributed by atoms with Gasteiger partial charge >= 0.3 is 0 Å². The number of hydrogen-bond donors (Lipinski definition) is 0. The van der Waals surface area contributed by atoms with Gasteiger partial charge in [0.1, 0.15) is 5.76 Å². The molecule has 2 aromatic rings. The third-order valence-electron chi connectivity index (χ3n) is 5.58. The topological polar surface area (TPSA) is 9.23 Å². The summed E-state index contributed by atoms with van der Waals surface area (Å²) in [5.74, 6) is -3.65. The van der Waals surface area contributed by atoms with Crippen molar-refractivity contribution in [3.8, 4) is 11.1 Å². The number of rotatable bonds is 3. The lowest BCUT2D eigenvalue weighted by molar-refractivity contribution is 0.209. The Bertz CT molecular complexity index is 978. The zero-order valence-electron chi connectivity index (χ0n) is 16.0. The second-order valence-corrected chi connectivity index (χ2v) is 7.75. The number of hydrogen-bond acceptors (Lipinski definition) is 1. The van der Waals surface area contributed by atoms with E-state index in [0.717, 1.165) is 6.42 Å². The fraction of sp³-hybridized carbons (Fsp3) is 0.391. The van der Waals surface area contributed by atoms with Gasteiger partial charge in [-0.2, -0.15) is 0 Å². The summed E-state index contributed by atoms with van der Waals surface area (Å²) in [5, 5.41) is 0. The van der Waals surface area contributed by atoms with Crippen LogP contribution in [-0.4, -0.2) is 6.61 Å². The van der Waals surface area contributed by atoms with E-state index >= 15 is 4.39 Å². The van der Waals surface area contributed by atoms with Crippen molar-refractivity contribution in [2.45, 2.75) is 46.0 Å². The Labute approximate surface area is 162 Å². The van der Waals surface area contributed by atoms with Crippen molar-refractivity contribution in [1.29, 1.82) is 0 Å². The molecule has 0 amide bonds. The molecule has 1 aliphatic heterocycles. The van der Waals surface area contributed by atoms with Crippen LogP contribution in [0.2, 0.25) is 0 Å². The third-order valence-corrected chi connectivity index (χ3v) is 5.58. The molecule has 0 bridgehead atoms. The first-order valence-corrected chi connectivity index (χ1v) is 9.76. The van der Waals surface area contributed by atoms with Crippen molar-refractivity contribution >= 4 is 5.76 Å². The Morgan fingerprint density at radius 2 is 1.57 bits per heavy atom. The van der Waals surface area contributed by atoms with Crippen LogP contribution in [0.3, 0.4) is 0 Å². The van der Waals surface area contributed by atoms with Gasteiger partial charge in [-0.25, -0.2) is 17.6 Å². The van der Waals surface area contributed by atoms with Gasteiger partial charge in [-0.15, -0.1) is 0 Å². The Morgan fingerprint density at radius 3 is 2.18 bits per heavy atom. The van der Waals surface area contributed by atoms with E-state index in [1.54, 1.807) is 12.1 Å². The Kier molecular flexibility index (Phi) is 4.94. The van der Waals surface area contributed by atoms with Crippen LogP contribution < -0.4 is 0 Å². The second-order valence-electron chi connectivity index (χ2n) is 7.75. The summed E-state index contributed by atoms with van der Waals surface area (Å²) in [4.78, 5) is 0. The Balaban J connectivity index is 1.88. The van der Waals surface area contributed by atoms with Crippen LogP contribution in [0.4, 0.5) is 17.6 Å². The van der Waals surface area contributed by atoms with E-state index in [1.807, 2.05) is 13.8 Å². The Morgan fingerprint density at radius 1 is 0.929 bits per heavy atom. The smallest absolute Gasteiger partial charge is 0.170 e. The van der Waals surface area contributed by atoms with Gasteiger partial charge in [-0.1, -0.05) is 26.3 Å². The predicted molar refractivity (Wildman–Crippen MR) is 101 cm³/mol. The molecule has 0 radical (unpaired) electrons. The van der Waals surface area contributed by atoms with Crippen LogP contribution >= 0.6 is 0 Å². The summed E-state index contributed by atoms with van der Waals surface area (Å²) in [6, 6.07) is 3.12. The quantitative estimate of drug-likeness (QED) is 0.554. The van der Waals surface area contributed by atoms with Gasteiger partial charge in [0.05, 0.1) is 12.2 Å². The molecule has 0 aromatic heterocycles. The molecule has 0 saturated heterocycles. The van der Waals surface area contributed by atoms with E-state index in [0.29, 0.717) is 55.1 Å². The van der Waals surface area contributed by atoms with E-state index in [-0.39, 0.29) is 22.3 Å². The molecule has 28 heavy (non-hydrogen) atoms. The van der Waals surface area contributed by atoms with E-state index in [1.165, 1.54) is 6.07 Å². The molecule has 0 N–H and O–H groups in total. The van der Waals surface area contributed by atoms with Crippen molar-refractivity contribution in [2.24, 2.45) is 5.92 Å². The molecule has 1 aliphatic carbocycles. The molecule has 4 rings (SSSR count). The molecule has 0 saturated carbocycles. The summed E-state index contributed by atoms with van der Waals surface area (Å²) in [5.41, 5.74) is 1.04. The van der Waals surface area contributed by atoms with Crippen molar-refractivity contribution < 1.29 is 22.3 Å². The number of allylic oxidation sites excluding steroid dienone is 1. The SMILES string of the molecule is CCCc1cc2c(c(F)c1F)-c1c(cc(C3=CCC(C)CO3)c(F)c1F)CC2. The number of aryl methyl sites for hydroxylation is 3. The van der Waals surface area contributed by atoms with Crippen molar-refractivity contribution in [3.05, 3.63) is 63.7 Å². The maximum absolute atomic E-state index is 15.1. The molecule has 148 valence electrons. The molecule has 2 aromatic carbocycles. The second kappa shape index (κ2) is 7.26. The molecule has 1 atom stereocenters. The summed E-state index contributed by atoms with van der Waals surface area (Å²) < 4.78 is 64.9. The Hall–Kier alpha value is -2.30. The zero-order chi connectivity index (χ0) is 20.0. The monoisotopic (exact) mass is 390 g/mol. The van der Waals surface area contributed by atoms with Crippen LogP contribution in [0.15, 0.2) is 18.2 Å². The fourth-order valence-corrected chi connectivity index (χ4v) is 4.11. The fourth-order valence-electron chi connectivity index (χ4n) is 4.11. The minimum absolute atomic E-state index is 0.0510. The number of benzene rings is 2. The first kappa shape index (κ1) is 19.0. The van der Waals surface area contributed by atoms with Gasteiger partial charge in [0.2, 0.25) is 0 Å². The van der Waals surface area contributed by atoms with Gasteiger partial charge in [0.25, 0.3) is 0 Å². The lowest BCUT2D eigenvalue weighted by atomic mass is 9.82. The van der Waals surface area contributed by atoms with Crippen LogP contribution in [0, 0.1) is 29.2 Å². The molecular weight excluding hydrogens is 368 g/mol. The van der Waals surface area contributed by atoms with Crippen molar-refractivity contribution in [1.82, 2.24) is 0 Å². The molecule has 0 fully saturated rings. The minimum atomic E-state index is -1.14. The molecule has 2 aliphatic rings. The number of fused-ring (bicyclic) bond motifs is 3. The van der Waals surface area contributed by atoms with E-state index in [9.17, 15) is 13.2 Å². The number of halogens is 4. The van der Waals surface area contributed by atoms with Crippen LogP contribution in [0.5, 0.6) is 0 Å². The third kappa shape index (κ3) is 3.01. The van der Waals surface area contributed by atoms with Crippen LogP contribution in [-0.2, 0) is 24.0 Å². The number of ether oxygens (including phenoxy) is 1. The highest BCUT2D eigenvalue weighted by atomic mass is 19.2. The van der Waals surface area contributed by atoms with Gasteiger partial charge in [-0.05, 0) is 60.4 Å². The maximum atomic E-state index is 15.1. The zero-order valence-corrected chi connectivity index (χ0v) is 16.0. The van der Waals surface area contributed by atoms with Gasteiger partial charge < -0.3 is 4.74 Å². The molecule has 0 spiro atoms.